The molecular weight excluding hydrogens is 515 g/mol. The molecule has 3 fully saturated rings. The molecule has 214 valence electrons. The zero-order valence-corrected chi connectivity index (χ0v) is 24.0. The number of anilines is 1. The van der Waals surface area contributed by atoms with E-state index in [1.807, 2.05) is 35.2 Å². The maximum atomic E-state index is 13.3. The van der Waals surface area contributed by atoms with E-state index in [1.165, 1.54) is 19.0 Å². The highest BCUT2D eigenvalue weighted by Gasteiger charge is 2.30. The van der Waals surface area contributed by atoms with Gasteiger partial charge in [0.25, 0.3) is 5.91 Å². The molecule has 2 aliphatic heterocycles. The molecule has 3 aliphatic rings. The molecular formula is C30H39BN8O2. The molecule has 0 spiro atoms. The number of nitrogens with one attached hydrogen (secondary N) is 1. The Hall–Kier alpha value is -3.49. The van der Waals surface area contributed by atoms with Gasteiger partial charge in [-0.2, -0.15) is 5.26 Å². The first kappa shape index (κ1) is 29.0. The number of hydrogen-bond acceptors (Lipinski definition) is 8. The van der Waals surface area contributed by atoms with Gasteiger partial charge in [0.15, 0.2) is 0 Å². The molecule has 2 amide bonds. The van der Waals surface area contributed by atoms with Crippen LogP contribution < -0.4 is 15.9 Å². The lowest BCUT2D eigenvalue weighted by molar-refractivity contribution is -0.138. The fraction of sp³-hybridized carbons (Fsp3) is 0.567. The highest BCUT2D eigenvalue weighted by molar-refractivity contribution is 6.35. The van der Waals surface area contributed by atoms with Crippen molar-refractivity contribution < 1.29 is 9.59 Å². The highest BCUT2D eigenvalue weighted by Crippen LogP contribution is 2.26. The average molecular weight is 555 g/mol. The molecule has 11 heteroatoms. The summed E-state index contributed by atoms with van der Waals surface area (Å²) in [6, 6.07) is 9.61. The van der Waals surface area contributed by atoms with Gasteiger partial charge in [0.05, 0.1) is 0 Å². The fourth-order valence-electron chi connectivity index (χ4n) is 6.12. The summed E-state index contributed by atoms with van der Waals surface area (Å²) in [5, 5.41) is 11.0. The summed E-state index contributed by atoms with van der Waals surface area (Å²) in [5.41, 5.74) is 4.96. The fourth-order valence-corrected chi connectivity index (χ4v) is 6.12. The molecule has 1 saturated carbocycles. The van der Waals surface area contributed by atoms with E-state index in [4.69, 9.17) is 7.85 Å². The van der Waals surface area contributed by atoms with Crippen LogP contribution in [0.1, 0.15) is 60.3 Å². The molecule has 2 saturated heterocycles. The second-order valence-corrected chi connectivity index (χ2v) is 11.7. The van der Waals surface area contributed by atoms with Crippen molar-refractivity contribution in [3.05, 3.63) is 47.4 Å². The Kier molecular flexibility index (Phi) is 9.52. The van der Waals surface area contributed by atoms with Crippen LogP contribution in [0.25, 0.3) is 0 Å². The smallest absolute Gasteiger partial charge is 0.269 e. The quantitative estimate of drug-likeness (QED) is 0.386. The molecule has 41 heavy (non-hydrogen) atoms. The van der Waals surface area contributed by atoms with Gasteiger partial charge in [-0.05, 0) is 74.9 Å². The summed E-state index contributed by atoms with van der Waals surface area (Å²) in [5.74, 6) is 0.969. The average Bonchev–Trinajstić information content (AvgIpc) is 3.51. The number of piperidine rings is 1. The zero-order valence-electron chi connectivity index (χ0n) is 24.0. The Bertz CT molecular complexity index is 1240. The van der Waals surface area contributed by atoms with Crippen LogP contribution in [0.4, 0.5) is 5.82 Å². The molecule has 0 unspecified atom stereocenters. The Morgan fingerprint density at radius 2 is 1.73 bits per heavy atom. The number of carbonyl (C=O) groups excluding carboxylic acids is 2. The molecule has 10 nitrogen and oxygen atoms in total. The lowest BCUT2D eigenvalue weighted by Gasteiger charge is -2.37. The SMILES string of the molecule is [B]c1cnc(C#N)nc1N(CC1CCCC1)NC(=O)c1ccc(CN2CCC(C(=O)N3CCN(C)CC3)CC2)cc1. The number of rotatable bonds is 8. The standard InChI is InChI=1S/C30H39BN8O2/c1-36-14-16-38(17-15-36)30(41)25-10-12-37(13-11-25)20-23-6-8-24(9-7-23)29(40)35-39(21-22-4-2-3-5-22)28-26(31)19-33-27(18-32)34-28/h6-9,19,22,25H,2-5,10-17,20-21H2,1H3,(H,35,40). The number of nitrogens with zero attached hydrogens (tertiary/aromatic N) is 7. The van der Waals surface area contributed by atoms with E-state index in [2.05, 4.69) is 32.2 Å². The van der Waals surface area contributed by atoms with Crippen molar-refractivity contribution in [2.45, 2.75) is 45.1 Å². The summed E-state index contributed by atoms with van der Waals surface area (Å²) in [6.45, 7) is 6.73. The number of nitriles is 1. The Morgan fingerprint density at radius 3 is 2.39 bits per heavy atom. The molecule has 2 aromatic rings. The van der Waals surface area contributed by atoms with Crippen LogP contribution in [0.15, 0.2) is 30.5 Å². The number of likely N-dealkylation sites (tertiary alicyclic amines) is 1. The number of hydrazine groups is 1. The monoisotopic (exact) mass is 554 g/mol. The van der Waals surface area contributed by atoms with Crippen molar-refractivity contribution in [1.82, 2.24) is 30.1 Å². The van der Waals surface area contributed by atoms with Gasteiger partial charge >= 0.3 is 0 Å². The summed E-state index contributed by atoms with van der Waals surface area (Å²) in [4.78, 5) is 41.2. The summed E-state index contributed by atoms with van der Waals surface area (Å²) < 4.78 is 0. The predicted octanol–water partition coefficient (Wildman–Crippen LogP) is 1.47. The maximum Gasteiger partial charge on any atom is 0.269 e. The van der Waals surface area contributed by atoms with Crippen molar-refractivity contribution >= 4 is 30.9 Å². The normalized spacial score (nSPS) is 19.2. The van der Waals surface area contributed by atoms with Crippen molar-refractivity contribution in [2.75, 3.05) is 57.9 Å². The van der Waals surface area contributed by atoms with Crippen LogP contribution in [0.5, 0.6) is 0 Å². The molecule has 0 atom stereocenters. The zero-order chi connectivity index (χ0) is 28.8. The number of carbonyl (C=O) groups is 2. The van der Waals surface area contributed by atoms with Gasteiger partial charge in [-0.15, -0.1) is 0 Å². The van der Waals surface area contributed by atoms with E-state index < -0.39 is 0 Å². The van der Waals surface area contributed by atoms with Crippen LogP contribution in [-0.2, 0) is 11.3 Å². The number of likely N-dealkylation sites (N-methyl/N-ethyl adjacent to an activating group) is 1. The third-order valence-corrected chi connectivity index (χ3v) is 8.68. The largest absolute Gasteiger partial charge is 0.340 e. The molecule has 1 aliphatic carbocycles. The van der Waals surface area contributed by atoms with Gasteiger partial charge < -0.3 is 9.80 Å². The molecule has 1 N–H and O–H groups in total. The summed E-state index contributed by atoms with van der Waals surface area (Å²) in [7, 11) is 8.26. The number of aromatic nitrogens is 2. The minimum Gasteiger partial charge on any atom is -0.340 e. The van der Waals surface area contributed by atoms with E-state index in [0.29, 0.717) is 35.2 Å². The van der Waals surface area contributed by atoms with Crippen molar-refractivity contribution in [3.63, 3.8) is 0 Å². The number of amides is 2. The third-order valence-electron chi connectivity index (χ3n) is 8.68. The first-order chi connectivity index (χ1) is 19.9. The van der Waals surface area contributed by atoms with Crippen LogP contribution in [-0.4, -0.2) is 97.2 Å². The minimum absolute atomic E-state index is 0.0111. The second kappa shape index (κ2) is 13.5. The third kappa shape index (κ3) is 7.43. The van der Waals surface area contributed by atoms with Crippen LogP contribution >= 0.6 is 0 Å². The molecule has 1 aromatic carbocycles. The van der Waals surface area contributed by atoms with Crippen molar-refractivity contribution in [1.29, 1.82) is 5.26 Å². The molecule has 2 radical (unpaired) electrons. The van der Waals surface area contributed by atoms with Gasteiger partial charge in [-0.3, -0.25) is 24.9 Å². The Labute approximate surface area is 244 Å². The van der Waals surface area contributed by atoms with Gasteiger partial charge in [0, 0.05) is 56.9 Å². The van der Waals surface area contributed by atoms with Crippen molar-refractivity contribution in [2.24, 2.45) is 11.8 Å². The summed E-state index contributed by atoms with van der Waals surface area (Å²) in [6.07, 6.45) is 7.69. The van der Waals surface area contributed by atoms with Crippen molar-refractivity contribution in [3.8, 4) is 6.07 Å². The number of piperazine rings is 1. The summed E-state index contributed by atoms with van der Waals surface area (Å²) >= 11 is 0. The number of benzene rings is 1. The van der Waals surface area contributed by atoms with E-state index in [-0.39, 0.29) is 17.6 Å². The Morgan fingerprint density at radius 1 is 1.05 bits per heavy atom. The van der Waals surface area contributed by atoms with Gasteiger partial charge in [0.2, 0.25) is 11.7 Å². The van der Waals surface area contributed by atoms with Crippen LogP contribution in [0.3, 0.4) is 0 Å². The Balaban J connectivity index is 1.16. The molecule has 3 heterocycles. The molecule has 5 rings (SSSR count). The molecule has 0 bridgehead atoms. The lowest BCUT2D eigenvalue weighted by atomic mass is 9.94. The highest BCUT2D eigenvalue weighted by atomic mass is 16.2. The number of hydrogen-bond donors (Lipinski definition) is 1. The second-order valence-electron chi connectivity index (χ2n) is 11.7. The van der Waals surface area contributed by atoms with E-state index in [9.17, 15) is 14.9 Å². The minimum atomic E-state index is -0.255. The van der Waals surface area contributed by atoms with Gasteiger partial charge in [-0.25, -0.2) is 9.97 Å². The first-order valence-corrected chi connectivity index (χ1v) is 14.8. The maximum absolute atomic E-state index is 13.3. The van der Waals surface area contributed by atoms with E-state index in [0.717, 1.165) is 77.1 Å². The predicted molar refractivity (Wildman–Crippen MR) is 157 cm³/mol. The topological polar surface area (TPSA) is 109 Å². The van der Waals surface area contributed by atoms with Gasteiger partial charge in [0.1, 0.15) is 19.7 Å². The van der Waals surface area contributed by atoms with Crippen LogP contribution in [0, 0.1) is 23.2 Å². The van der Waals surface area contributed by atoms with E-state index in [1.54, 1.807) is 5.01 Å². The first-order valence-electron chi connectivity index (χ1n) is 14.8. The van der Waals surface area contributed by atoms with Gasteiger partial charge in [-0.1, -0.05) is 25.0 Å². The molecule has 1 aromatic heterocycles. The lowest BCUT2D eigenvalue weighted by Crippen LogP contribution is -2.50. The van der Waals surface area contributed by atoms with Crippen LogP contribution in [0.2, 0.25) is 0 Å². The van der Waals surface area contributed by atoms with E-state index >= 15 is 0 Å².